The number of nitrogens with one attached hydrogen (secondary N) is 1. The molecule has 4 nitrogen and oxygen atoms in total. The zero-order chi connectivity index (χ0) is 17.6. The monoisotopic (exact) mass is 344 g/mol. The molecular weight excluding hydrogens is 320 g/mol. The van der Waals surface area contributed by atoms with E-state index in [0.29, 0.717) is 5.95 Å². The van der Waals surface area contributed by atoms with Gasteiger partial charge in [0.1, 0.15) is 5.82 Å². The smallest absolute Gasteiger partial charge is 0.225 e. The number of anilines is 2. The van der Waals surface area contributed by atoms with E-state index in [0.717, 1.165) is 43.1 Å². The summed E-state index contributed by atoms with van der Waals surface area (Å²) in [5, 5.41) is 3.42. The number of hydrogen-bond acceptors (Lipinski definition) is 4. The molecule has 1 aromatic heterocycles. The summed E-state index contributed by atoms with van der Waals surface area (Å²) < 4.78 is 0. The van der Waals surface area contributed by atoms with Crippen molar-refractivity contribution < 1.29 is 0 Å². The van der Waals surface area contributed by atoms with Crippen LogP contribution in [-0.4, -0.2) is 29.6 Å². The average molecular weight is 344 g/mol. The molecule has 3 aromatic rings. The first kappa shape index (κ1) is 16.6. The van der Waals surface area contributed by atoms with Crippen LogP contribution in [0.4, 0.5) is 11.8 Å². The molecule has 0 bridgehead atoms. The summed E-state index contributed by atoms with van der Waals surface area (Å²) in [7, 11) is 0. The molecule has 2 aromatic carbocycles. The summed E-state index contributed by atoms with van der Waals surface area (Å²) in [6.07, 6.45) is 3.43. The van der Waals surface area contributed by atoms with Crippen LogP contribution in [0, 0.1) is 0 Å². The van der Waals surface area contributed by atoms with Crippen LogP contribution in [0.3, 0.4) is 0 Å². The Balaban J connectivity index is 1.55. The first-order valence-electron chi connectivity index (χ1n) is 9.36. The molecule has 1 aliphatic heterocycles. The lowest BCUT2D eigenvalue weighted by Gasteiger charge is -2.18. The van der Waals surface area contributed by atoms with Gasteiger partial charge in [-0.2, -0.15) is 4.98 Å². The van der Waals surface area contributed by atoms with Gasteiger partial charge in [0.25, 0.3) is 0 Å². The maximum Gasteiger partial charge on any atom is 0.225 e. The third-order valence-corrected chi connectivity index (χ3v) is 4.75. The molecule has 0 saturated carbocycles. The van der Waals surface area contributed by atoms with Crippen LogP contribution >= 0.6 is 0 Å². The molecule has 0 aliphatic carbocycles. The molecular formula is C22H24N4. The molecule has 2 heterocycles. The van der Waals surface area contributed by atoms with E-state index in [1.165, 1.54) is 18.4 Å². The standard InChI is InChI=1S/C22H24N4/c1-3-9-18(10-4-1)13-14-23-22-24-20(19-11-5-2-6-12-19)17-21(25-22)26-15-7-8-16-26/h1-6,9-12,17H,7-8,13-16H2,(H,23,24,25). The number of hydrogen-bond donors (Lipinski definition) is 1. The van der Waals surface area contributed by atoms with Crippen molar-refractivity contribution in [1.82, 2.24) is 9.97 Å². The molecule has 1 saturated heterocycles. The van der Waals surface area contributed by atoms with Crippen molar-refractivity contribution in [2.75, 3.05) is 29.9 Å². The highest BCUT2D eigenvalue weighted by Gasteiger charge is 2.16. The van der Waals surface area contributed by atoms with Crippen LogP contribution in [0.2, 0.25) is 0 Å². The molecule has 4 rings (SSSR count). The van der Waals surface area contributed by atoms with Gasteiger partial charge < -0.3 is 10.2 Å². The third-order valence-electron chi connectivity index (χ3n) is 4.75. The van der Waals surface area contributed by atoms with Gasteiger partial charge in [0.15, 0.2) is 0 Å². The highest BCUT2D eigenvalue weighted by molar-refractivity contribution is 5.65. The quantitative estimate of drug-likeness (QED) is 0.720. The molecule has 0 radical (unpaired) electrons. The van der Waals surface area contributed by atoms with Gasteiger partial charge in [0, 0.05) is 31.3 Å². The molecule has 1 N–H and O–H groups in total. The van der Waals surface area contributed by atoms with E-state index in [4.69, 9.17) is 9.97 Å². The van der Waals surface area contributed by atoms with Crippen LogP contribution < -0.4 is 10.2 Å². The fourth-order valence-corrected chi connectivity index (χ4v) is 3.34. The summed E-state index contributed by atoms with van der Waals surface area (Å²) in [5.74, 6) is 1.74. The van der Waals surface area contributed by atoms with Crippen LogP contribution in [0.25, 0.3) is 11.3 Å². The Morgan fingerprint density at radius 2 is 1.54 bits per heavy atom. The Kier molecular flexibility index (Phi) is 5.10. The van der Waals surface area contributed by atoms with E-state index in [9.17, 15) is 0 Å². The predicted octanol–water partition coefficient (Wildman–Crippen LogP) is 4.40. The second-order valence-corrected chi connectivity index (χ2v) is 6.66. The number of benzene rings is 2. The van der Waals surface area contributed by atoms with Gasteiger partial charge in [-0.3, -0.25) is 0 Å². The Morgan fingerprint density at radius 3 is 2.27 bits per heavy atom. The number of rotatable bonds is 6. The summed E-state index contributed by atoms with van der Waals surface area (Å²) in [5.41, 5.74) is 3.42. The van der Waals surface area contributed by atoms with Crippen molar-refractivity contribution in [3.8, 4) is 11.3 Å². The van der Waals surface area contributed by atoms with Gasteiger partial charge in [-0.15, -0.1) is 0 Å². The molecule has 26 heavy (non-hydrogen) atoms. The highest BCUT2D eigenvalue weighted by atomic mass is 15.2. The number of nitrogens with zero attached hydrogens (tertiary/aromatic N) is 3. The van der Waals surface area contributed by atoms with E-state index < -0.39 is 0 Å². The predicted molar refractivity (Wildman–Crippen MR) is 108 cm³/mol. The molecule has 132 valence electrons. The lowest BCUT2D eigenvalue weighted by atomic mass is 10.1. The zero-order valence-corrected chi connectivity index (χ0v) is 14.9. The van der Waals surface area contributed by atoms with Gasteiger partial charge in [0.2, 0.25) is 5.95 Å². The van der Waals surface area contributed by atoms with Crippen LogP contribution in [0.1, 0.15) is 18.4 Å². The topological polar surface area (TPSA) is 41.1 Å². The minimum absolute atomic E-state index is 0.712. The first-order valence-corrected chi connectivity index (χ1v) is 9.36. The van der Waals surface area contributed by atoms with E-state index in [1.807, 2.05) is 12.1 Å². The molecule has 0 spiro atoms. The molecule has 1 aliphatic rings. The van der Waals surface area contributed by atoms with E-state index in [-0.39, 0.29) is 0 Å². The Hall–Kier alpha value is -2.88. The zero-order valence-electron chi connectivity index (χ0n) is 14.9. The van der Waals surface area contributed by atoms with E-state index in [1.54, 1.807) is 0 Å². The van der Waals surface area contributed by atoms with E-state index >= 15 is 0 Å². The minimum Gasteiger partial charge on any atom is -0.356 e. The van der Waals surface area contributed by atoms with Gasteiger partial charge in [0.05, 0.1) is 5.69 Å². The van der Waals surface area contributed by atoms with Gasteiger partial charge in [-0.25, -0.2) is 4.98 Å². The summed E-state index contributed by atoms with van der Waals surface area (Å²) >= 11 is 0. The largest absolute Gasteiger partial charge is 0.356 e. The summed E-state index contributed by atoms with van der Waals surface area (Å²) in [4.78, 5) is 11.9. The second kappa shape index (κ2) is 8.00. The lowest BCUT2D eigenvalue weighted by Crippen LogP contribution is -2.20. The fourth-order valence-electron chi connectivity index (χ4n) is 3.34. The Labute approximate surface area is 154 Å². The van der Waals surface area contributed by atoms with Gasteiger partial charge in [-0.1, -0.05) is 60.7 Å². The lowest BCUT2D eigenvalue weighted by molar-refractivity contribution is 0.919. The SMILES string of the molecule is c1ccc(CCNc2nc(-c3ccccc3)cc(N3CCCC3)n2)cc1. The molecule has 0 atom stereocenters. The normalized spacial score (nSPS) is 13.8. The van der Waals surface area contributed by atoms with Gasteiger partial charge >= 0.3 is 0 Å². The molecule has 0 amide bonds. The van der Waals surface area contributed by atoms with Crippen molar-refractivity contribution in [2.45, 2.75) is 19.3 Å². The maximum absolute atomic E-state index is 4.78. The second-order valence-electron chi connectivity index (χ2n) is 6.66. The first-order chi connectivity index (χ1) is 12.9. The van der Waals surface area contributed by atoms with Crippen molar-refractivity contribution in [3.05, 3.63) is 72.3 Å². The third kappa shape index (κ3) is 4.02. The molecule has 4 heteroatoms. The average Bonchev–Trinajstić information content (AvgIpc) is 3.24. The summed E-state index contributed by atoms with van der Waals surface area (Å²) in [6, 6.07) is 23.0. The van der Waals surface area contributed by atoms with Crippen molar-refractivity contribution in [2.24, 2.45) is 0 Å². The summed E-state index contributed by atoms with van der Waals surface area (Å²) in [6.45, 7) is 2.98. The van der Waals surface area contributed by atoms with Gasteiger partial charge in [-0.05, 0) is 24.8 Å². The van der Waals surface area contributed by atoms with E-state index in [2.05, 4.69) is 64.8 Å². The van der Waals surface area contributed by atoms with Crippen LogP contribution in [0.5, 0.6) is 0 Å². The Morgan fingerprint density at radius 1 is 0.846 bits per heavy atom. The Bertz CT molecular complexity index is 827. The van der Waals surface area contributed by atoms with Crippen LogP contribution in [0.15, 0.2) is 66.7 Å². The number of aromatic nitrogens is 2. The van der Waals surface area contributed by atoms with Crippen LogP contribution in [-0.2, 0) is 6.42 Å². The van der Waals surface area contributed by atoms with Crippen molar-refractivity contribution in [3.63, 3.8) is 0 Å². The minimum atomic E-state index is 0.712. The van der Waals surface area contributed by atoms with Crippen molar-refractivity contribution in [1.29, 1.82) is 0 Å². The molecule has 1 fully saturated rings. The highest BCUT2D eigenvalue weighted by Crippen LogP contribution is 2.25. The maximum atomic E-state index is 4.78. The van der Waals surface area contributed by atoms with Crippen molar-refractivity contribution >= 4 is 11.8 Å². The molecule has 0 unspecified atom stereocenters. The fraction of sp³-hybridized carbons (Fsp3) is 0.273.